The molecule has 0 aliphatic heterocycles. The summed E-state index contributed by atoms with van der Waals surface area (Å²) in [7, 11) is 1.56. The second-order valence-corrected chi connectivity index (χ2v) is 8.09. The Bertz CT molecular complexity index is 1040. The highest BCUT2D eigenvalue weighted by molar-refractivity contribution is 14.1. The molecule has 0 saturated heterocycles. The highest BCUT2D eigenvalue weighted by Crippen LogP contribution is 2.34. The van der Waals surface area contributed by atoms with Crippen LogP contribution >= 0.6 is 22.6 Å². The first-order valence-corrected chi connectivity index (χ1v) is 11.9. The molecule has 0 saturated carbocycles. The van der Waals surface area contributed by atoms with Crippen LogP contribution in [0.5, 0.6) is 17.2 Å². The minimum Gasteiger partial charge on any atom is -0.497 e. The van der Waals surface area contributed by atoms with E-state index in [4.69, 9.17) is 18.9 Å². The van der Waals surface area contributed by atoms with Crippen molar-refractivity contribution in [3.8, 4) is 17.2 Å². The van der Waals surface area contributed by atoms with Gasteiger partial charge in [0.1, 0.15) is 5.75 Å². The third kappa shape index (κ3) is 9.81. The summed E-state index contributed by atoms with van der Waals surface area (Å²) in [6.45, 7) is 3.97. The highest BCUT2D eigenvalue weighted by atomic mass is 127. The number of nitrogens with one attached hydrogen (secondary N) is 2. The lowest BCUT2D eigenvalue weighted by Crippen LogP contribution is -2.20. The number of carbonyl (C=O) groups excluding carboxylic acids is 3. The summed E-state index contributed by atoms with van der Waals surface area (Å²) in [5.41, 5.74) is 3.67. The molecule has 0 aliphatic carbocycles. The van der Waals surface area contributed by atoms with Crippen molar-refractivity contribution in [2.75, 3.05) is 32.2 Å². The van der Waals surface area contributed by atoms with Gasteiger partial charge in [-0.25, -0.2) is 10.2 Å². The van der Waals surface area contributed by atoms with Gasteiger partial charge < -0.3 is 24.3 Å². The summed E-state index contributed by atoms with van der Waals surface area (Å²) < 4.78 is 21.8. The van der Waals surface area contributed by atoms with E-state index in [0.717, 1.165) is 0 Å². The van der Waals surface area contributed by atoms with Crippen LogP contribution in [0, 0.1) is 3.57 Å². The lowest BCUT2D eigenvalue weighted by atomic mass is 10.2. The number of ether oxygens (including phenoxy) is 4. The van der Waals surface area contributed by atoms with Crippen LogP contribution in [0.2, 0.25) is 0 Å². The molecule has 0 unspecified atom stereocenters. The van der Waals surface area contributed by atoms with E-state index in [1.807, 2.05) is 6.92 Å². The lowest BCUT2D eigenvalue weighted by molar-refractivity contribution is -0.145. The van der Waals surface area contributed by atoms with E-state index in [-0.39, 0.29) is 32.0 Å². The van der Waals surface area contributed by atoms with E-state index in [0.29, 0.717) is 38.7 Å². The number of benzene rings is 2. The zero-order chi connectivity index (χ0) is 25.6. The number of halogens is 1. The molecule has 11 heteroatoms. The Balaban J connectivity index is 1.88. The summed E-state index contributed by atoms with van der Waals surface area (Å²) in [5.74, 6) is 0.374. The normalized spacial score (nSPS) is 10.5. The minimum atomic E-state index is -0.475. The van der Waals surface area contributed by atoms with Gasteiger partial charge in [-0.3, -0.25) is 9.59 Å². The molecule has 0 radical (unpaired) electrons. The van der Waals surface area contributed by atoms with Gasteiger partial charge in [-0.05, 0) is 78.4 Å². The third-order valence-electron chi connectivity index (χ3n) is 4.33. The van der Waals surface area contributed by atoms with Gasteiger partial charge in [0, 0.05) is 18.5 Å². The monoisotopic (exact) mass is 597 g/mol. The molecular weight excluding hydrogens is 569 g/mol. The molecule has 2 aromatic carbocycles. The molecule has 2 N–H and O–H groups in total. The van der Waals surface area contributed by atoms with E-state index in [9.17, 15) is 14.4 Å². The highest BCUT2D eigenvalue weighted by Gasteiger charge is 2.14. The van der Waals surface area contributed by atoms with Crippen LogP contribution in [0.25, 0.3) is 0 Å². The fourth-order valence-electron chi connectivity index (χ4n) is 2.76. The van der Waals surface area contributed by atoms with Gasteiger partial charge in [-0.1, -0.05) is 0 Å². The van der Waals surface area contributed by atoms with E-state index >= 15 is 0 Å². The van der Waals surface area contributed by atoms with Crippen molar-refractivity contribution in [2.24, 2.45) is 5.10 Å². The molecule has 10 nitrogen and oxygen atoms in total. The maximum absolute atomic E-state index is 12.1. The van der Waals surface area contributed by atoms with Crippen LogP contribution < -0.4 is 25.0 Å². The number of carbonyl (C=O) groups is 3. The van der Waals surface area contributed by atoms with Gasteiger partial charge in [-0.15, -0.1) is 0 Å². The first-order valence-electron chi connectivity index (χ1n) is 10.9. The predicted molar refractivity (Wildman–Crippen MR) is 139 cm³/mol. The number of nitrogens with zero attached hydrogens (tertiary/aromatic N) is 1. The fourth-order valence-corrected chi connectivity index (χ4v) is 3.54. The zero-order valence-electron chi connectivity index (χ0n) is 19.8. The number of amides is 2. The second-order valence-electron chi connectivity index (χ2n) is 6.93. The number of hydrogen-bond donors (Lipinski definition) is 2. The molecule has 2 aromatic rings. The number of rotatable bonds is 13. The van der Waals surface area contributed by atoms with Gasteiger partial charge in [0.2, 0.25) is 11.8 Å². The topological polar surface area (TPSA) is 125 Å². The van der Waals surface area contributed by atoms with E-state index in [2.05, 4.69) is 38.4 Å². The van der Waals surface area contributed by atoms with E-state index in [1.165, 1.54) is 6.21 Å². The molecule has 0 bridgehead atoms. The number of anilines is 1. The molecule has 0 spiro atoms. The van der Waals surface area contributed by atoms with Crippen molar-refractivity contribution in [2.45, 2.75) is 26.7 Å². The predicted octanol–water partition coefficient (Wildman–Crippen LogP) is 3.51. The largest absolute Gasteiger partial charge is 0.497 e. The Labute approximate surface area is 217 Å². The summed E-state index contributed by atoms with van der Waals surface area (Å²) in [4.78, 5) is 35.7. The first-order chi connectivity index (χ1) is 16.9. The van der Waals surface area contributed by atoms with Crippen molar-refractivity contribution in [3.05, 3.63) is 45.5 Å². The molecular formula is C24H28IN3O7. The first kappa shape index (κ1) is 27.9. The quantitative estimate of drug-likeness (QED) is 0.157. The van der Waals surface area contributed by atoms with Gasteiger partial charge in [0.15, 0.2) is 18.1 Å². The number of esters is 1. The maximum Gasteiger partial charge on any atom is 0.344 e. The second kappa shape index (κ2) is 14.8. The van der Waals surface area contributed by atoms with Crippen LogP contribution in [0.15, 0.2) is 41.5 Å². The van der Waals surface area contributed by atoms with Crippen LogP contribution in [0.4, 0.5) is 5.69 Å². The average molecular weight is 597 g/mol. The fraction of sp³-hybridized carbons (Fsp3) is 0.333. The van der Waals surface area contributed by atoms with Gasteiger partial charge in [0.05, 0.1) is 30.1 Å². The maximum atomic E-state index is 12.1. The van der Waals surface area contributed by atoms with Gasteiger partial charge >= 0.3 is 5.97 Å². The lowest BCUT2D eigenvalue weighted by Gasteiger charge is -2.14. The molecule has 2 amide bonds. The van der Waals surface area contributed by atoms with Crippen LogP contribution in [-0.4, -0.2) is 50.9 Å². The van der Waals surface area contributed by atoms with Crippen molar-refractivity contribution in [1.82, 2.24) is 5.43 Å². The van der Waals surface area contributed by atoms with Crippen LogP contribution in [0.3, 0.4) is 0 Å². The van der Waals surface area contributed by atoms with Crippen molar-refractivity contribution >= 4 is 52.3 Å². The van der Waals surface area contributed by atoms with Crippen LogP contribution in [0.1, 0.15) is 32.3 Å². The summed E-state index contributed by atoms with van der Waals surface area (Å²) in [6, 6.07) is 10.3. The molecule has 0 fully saturated rings. The molecule has 0 atom stereocenters. The molecule has 2 rings (SSSR count). The Morgan fingerprint density at radius 3 is 2.37 bits per heavy atom. The van der Waals surface area contributed by atoms with E-state index in [1.54, 1.807) is 50.4 Å². The van der Waals surface area contributed by atoms with Crippen molar-refractivity contribution in [1.29, 1.82) is 0 Å². The smallest absolute Gasteiger partial charge is 0.344 e. The van der Waals surface area contributed by atoms with Crippen molar-refractivity contribution in [3.63, 3.8) is 0 Å². The minimum absolute atomic E-state index is 0.00622. The Hall–Kier alpha value is -3.35. The Morgan fingerprint density at radius 2 is 1.71 bits per heavy atom. The zero-order valence-corrected chi connectivity index (χ0v) is 21.9. The standard InChI is InChI=1S/C24H28IN3O7/c1-4-33-20-13-16(12-19(25)24(20)35-15-23(31)34-5-2)14-26-28-22(30)11-10-21(29)27-17-6-8-18(32-3)9-7-17/h6-9,12-14H,4-5,10-11,15H2,1-3H3,(H,27,29)(H,28,30). The molecule has 0 aromatic heterocycles. The number of hydrogen-bond acceptors (Lipinski definition) is 8. The third-order valence-corrected chi connectivity index (χ3v) is 5.13. The Morgan fingerprint density at radius 1 is 1.00 bits per heavy atom. The SMILES string of the molecule is CCOC(=O)COc1c(I)cc(C=NNC(=O)CCC(=O)Nc2ccc(OC)cc2)cc1OCC. The van der Waals surface area contributed by atoms with E-state index < -0.39 is 11.9 Å². The molecule has 0 aliphatic rings. The summed E-state index contributed by atoms with van der Waals surface area (Å²) in [6.07, 6.45) is 1.43. The number of hydrazone groups is 1. The summed E-state index contributed by atoms with van der Waals surface area (Å²) >= 11 is 2.06. The van der Waals surface area contributed by atoms with Gasteiger partial charge in [0.25, 0.3) is 0 Å². The molecule has 188 valence electrons. The van der Waals surface area contributed by atoms with Crippen molar-refractivity contribution < 1.29 is 33.3 Å². The average Bonchev–Trinajstić information content (AvgIpc) is 2.83. The van der Waals surface area contributed by atoms with Gasteiger partial charge in [-0.2, -0.15) is 5.10 Å². The van der Waals surface area contributed by atoms with Crippen LogP contribution in [-0.2, 0) is 19.1 Å². The Kier molecular flexibility index (Phi) is 11.8. The molecule has 0 heterocycles. The molecule has 35 heavy (non-hydrogen) atoms. The summed E-state index contributed by atoms with van der Waals surface area (Å²) in [5, 5.41) is 6.67. The number of methoxy groups -OCH3 is 1.